The van der Waals surface area contributed by atoms with Gasteiger partial charge in [-0.3, -0.25) is 9.59 Å². The first-order chi connectivity index (χ1) is 11.5. The van der Waals surface area contributed by atoms with Crippen molar-refractivity contribution in [1.29, 1.82) is 0 Å². The zero-order chi connectivity index (χ0) is 16.8. The summed E-state index contributed by atoms with van der Waals surface area (Å²) in [5.74, 6) is -0.443. The maximum atomic E-state index is 12.7. The molecule has 0 aliphatic carbocycles. The third-order valence-corrected chi connectivity index (χ3v) is 4.94. The standard InChI is InChI=1S/C18H20N4O2/c1-11-5-12(2)17-14(6-11)15(18(24)20-17)7-16(23)21-3-4-22-10-19-8-13(22)9-21/h5-6,8,10,15H,3-4,7,9H2,1-2H3,(H,20,24). The second-order valence-corrected chi connectivity index (χ2v) is 6.69. The Labute approximate surface area is 140 Å². The number of aromatic nitrogens is 2. The van der Waals surface area contributed by atoms with Gasteiger partial charge in [0.25, 0.3) is 0 Å². The molecule has 3 heterocycles. The van der Waals surface area contributed by atoms with Crippen LogP contribution in [0.25, 0.3) is 0 Å². The number of hydrogen-bond acceptors (Lipinski definition) is 3. The van der Waals surface area contributed by atoms with Crippen molar-refractivity contribution in [3.05, 3.63) is 47.0 Å². The fourth-order valence-corrected chi connectivity index (χ4v) is 3.70. The molecule has 6 heteroatoms. The highest BCUT2D eigenvalue weighted by atomic mass is 16.2. The van der Waals surface area contributed by atoms with Crippen LogP contribution < -0.4 is 5.32 Å². The van der Waals surface area contributed by atoms with Gasteiger partial charge in [0.05, 0.1) is 24.5 Å². The van der Waals surface area contributed by atoms with Crippen LogP contribution in [-0.4, -0.2) is 32.8 Å². The Hall–Kier alpha value is -2.63. The van der Waals surface area contributed by atoms with Crippen molar-refractivity contribution >= 4 is 17.5 Å². The highest BCUT2D eigenvalue weighted by molar-refractivity contribution is 6.05. The van der Waals surface area contributed by atoms with Crippen LogP contribution in [0.2, 0.25) is 0 Å². The molecule has 0 bridgehead atoms. The van der Waals surface area contributed by atoms with Crippen molar-refractivity contribution in [1.82, 2.24) is 14.5 Å². The Morgan fingerprint density at radius 3 is 3.00 bits per heavy atom. The molecule has 1 N–H and O–H groups in total. The summed E-state index contributed by atoms with van der Waals surface area (Å²) < 4.78 is 2.06. The number of amides is 2. The maximum Gasteiger partial charge on any atom is 0.232 e. The number of nitrogens with one attached hydrogen (secondary N) is 1. The lowest BCUT2D eigenvalue weighted by atomic mass is 9.93. The van der Waals surface area contributed by atoms with Crippen LogP contribution in [0.5, 0.6) is 0 Å². The van der Waals surface area contributed by atoms with Crippen LogP contribution in [0.4, 0.5) is 5.69 Å². The van der Waals surface area contributed by atoms with Gasteiger partial charge in [0.15, 0.2) is 0 Å². The zero-order valence-electron chi connectivity index (χ0n) is 13.9. The van der Waals surface area contributed by atoms with E-state index in [2.05, 4.69) is 20.9 Å². The molecule has 2 aliphatic heterocycles. The van der Waals surface area contributed by atoms with Crippen LogP contribution in [0.15, 0.2) is 24.7 Å². The Morgan fingerprint density at radius 2 is 2.17 bits per heavy atom. The first kappa shape index (κ1) is 14.9. The molecule has 2 amide bonds. The molecule has 4 rings (SSSR count). The highest BCUT2D eigenvalue weighted by Crippen LogP contribution is 2.38. The number of nitrogens with zero attached hydrogens (tertiary/aromatic N) is 3. The molecular formula is C18H20N4O2. The molecule has 2 aliphatic rings. The Balaban J connectivity index is 1.54. The predicted octanol–water partition coefficient (Wildman–Crippen LogP) is 1.97. The lowest BCUT2D eigenvalue weighted by Crippen LogP contribution is -2.38. The molecule has 0 spiro atoms. The zero-order valence-corrected chi connectivity index (χ0v) is 13.9. The maximum absolute atomic E-state index is 12.7. The van der Waals surface area contributed by atoms with Crippen LogP contribution >= 0.6 is 0 Å². The number of hydrogen-bond donors (Lipinski definition) is 1. The average molecular weight is 324 g/mol. The number of aryl methyl sites for hydroxylation is 2. The second kappa shape index (κ2) is 5.47. The normalized spacial score (nSPS) is 19.0. The van der Waals surface area contributed by atoms with E-state index in [1.807, 2.05) is 24.8 Å². The third-order valence-electron chi connectivity index (χ3n) is 4.94. The highest BCUT2D eigenvalue weighted by Gasteiger charge is 2.35. The van der Waals surface area contributed by atoms with Gasteiger partial charge in [-0.15, -0.1) is 0 Å². The Kier molecular flexibility index (Phi) is 3.40. The molecular weight excluding hydrogens is 304 g/mol. The number of anilines is 1. The molecule has 0 radical (unpaired) electrons. The number of carbonyl (C=O) groups excluding carboxylic acids is 2. The van der Waals surface area contributed by atoms with Crippen molar-refractivity contribution in [2.24, 2.45) is 0 Å². The van der Waals surface area contributed by atoms with E-state index in [0.717, 1.165) is 34.6 Å². The number of fused-ring (bicyclic) bond motifs is 2. The summed E-state index contributed by atoms with van der Waals surface area (Å²) in [4.78, 5) is 31.0. The van der Waals surface area contributed by atoms with Crippen LogP contribution in [0, 0.1) is 13.8 Å². The molecule has 1 atom stereocenters. The molecule has 124 valence electrons. The van der Waals surface area contributed by atoms with Crippen molar-refractivity contribution < 1.29 is 9.59 Å². The fraction of sp³-hybridized carbons (Fsp3) is 0.389. The fourth-order valence-electron chi connectivity index (χ4n) is 3.70. The minimum atomic E-state index is -0.391. The molecule has 24 heavy (non-hydrogen) atoms. The first-order valence-corrected chi connectivity index (χ1v) is 8.21. The monoisotopic (exact) mass is 324 g/mol. The topological polar surface area (TPSA) is 67.2 Å². The van der Waals surface area contributed by atoms with Gasteiger partial charge in [0.2, 0.25) is 11.8 Å². The number of benzene rings is 1. The van der Waals surface area contributed by atoms with E-state index in [9.17, 15) is 9.59 Å². The van der Waals surface area contributed by atoms with Gasteiger partial charge < -0.3 is 14.8 Å². The van der Waals surface area contributed by atoms with Gasteiger partial charge in [-0.25, -0.2) is 4.98 Å². The molecule has 0 fully saturated rings. The van der Waals surface area contributed by atoms with Gasteiger partial charge in [0.1, 0.15) is 0 Å². The van der Waals surface area contributed by atoms with Crippen molar-refractivity contribution in [3.63, 3.8) is 0 Å². The molecule has 1 aromatic carbocycles. The van der Waals surface area contributed by atoms with Gasteiger partial charge in [-0.1, -0.05) is 17.7 Å². The van der Waals surface area contributed by atoms with Gasteiger partial charge >= 0.3 is 0 Å². The molecule has 2 aromatic rings. The van der Waals surface area contributed by atoms with E-state index in [1.165, 1.54) is 0 Å². The molecule has 6 nitrogen and oxygen atoms in total. The van der Waals surface area contributed by atoms with E-state index in [4.69, 9.17) is 0 Å². The summed E-state index contributed by atoms with van der Waals surface area (Å²) >= 11 is 0. The molecule has 1 unspecified atom stereocenters. The van der Waals surface area contributed by atoms with Crippen LogP contribution in [-0.2, 0) is 22.7 Å². The van der Waals surface area contributed by atoms with E-state index < -0.39 is 5.92 Å². The quantitative estimate of drug-likeness (QED) is 0.918. The van der Waals surface area contributed by atoms with Crippen LogP contribution in [0.1, 0.15) is 34.7 Å². The second-order valence-electron chi connectivity index (χ2n) is 6.69. The van der Waals surface area contributed by atoms with Gasteiger partial charge in [-0.05, 0) is 25.0 Å². The Morgan fingerprint density at radius 1 is 1.33 bits per heavy atom. The van der Waals surface area contributed by atoms with Crippen molar-refractivity contribution in [2.75, 3.05) is 11.9 Å². The first-order valence-electron chi connectivity index (χ1n) is 8.21. The van der Waals surface area contributed by atoms with Crippen molar-refractivity contribution in [3.8, 4) is 0 Å². The van der Waals surface area contributed by atoms with Gasteiger partial charge in [-0.2, -0.15) is 0 Å². The number of rotatable bonds is 2. The smallest absolute Gasteiger partial charge is 0.232 e. The SMILES string of the molecule is Cc1cc(C)c2c(c1)C(CC(=O)N1CCn3cncc3C1)C(=O)N2. The molecule has 0 saturated heterocycles. The summed E-state index contributed by atoms with van der Waals surface area (Å²) in [6.45, 7) is 5.98. The summed E-state index contributed by atoms with van der Waals surface area (Å²) in [6, 6.07) is 4.07. The van der Waals surface area contributed by atoms with E-state index >= 15 is 0 Å². The molecule has 1 aromatic heterocycles. The lowest BCUT2D eigenvalue weighted by Gasteiger charge is -2.28. The van der Waals surface area contributed by atoms with Crippen LogP contribution in [0.3, 0.4) is 0 Å². The van der Waals surface area contributed by atoms with E-state index in [1.54, 1.807) is 12.5 Å². The van der Waals surface area contributed by atoms with E-state index in [-0.39, 0.29) is 18.2 Å². The predicted molar refractivity (Wildman–Crippen MR) is 89.5 cm³/mol. The number of imidazole rings is 1. The number of carbonyl (C=O) groups is 2. The summed E-state index contributed by atoms with van der Waals surface area (Å²) in [5, 5.41) is 2.94. The molecule has 0 saturated carbocycles. The summed E-state index contributed by atoms with van der Waals surface area (Å²) in [6.07, 6.45) is 3.81. The summed E-state index contributed by atoms with van der Waals surface area (Å²) in [7, 11) is 0. The van der Waals surface area contributed by atoms with Crippen molar-refractivity contribution in [2.45, 2.75) is 39.3 Å². The Bertz CT molecular complexity index is 840. The third kappa shape index (κ3) is 2.38. The lowest BCUT2D eigenvalue weighted by molar-refractivity contribution is -0.134. The average Bonchev–Trinajstić information content (AvgIpc) is 3.12. The minimum Gasteiger partial charge on any atom is -0.335 e. The summed E-state index contributed by atoms with van der Waals surface area (Å²) in [5.41, 5.74) is 5.03. The largest absolute Gasteiger partial charge is 0.335 e. The van der Waals surface area contributed by atoms with E-state index in [0.29, 0.717) is 13.1 Å². The van der Waals surface area contributed by atoms with Gasteiger partial charge in [0, 0.05) is 31.4 Å². The minimum absolute atomic E-state index is 0.0228.